The molecule has 0 aliphatic carbocycles. The zero-order chi connectivity index (χ0) is 92.6. The van der Waals surface area contributed by atoms with Crippen molar-refractivity contribution in [1.82, 2.24) is 0 Å². The van der Waals surface area contributed by atoms with Gasteiger partial charge in [-0.2, -0.15) is 0 Å². The van der Waals surface area contributed by atoms with Crippen LogP contribution in [0.15, 0.2) is 0 Å². The molecule has 6 saturated heterocycles. The Kier molecular flexibility index (Phi) is 58.3. The Hall–Kier alpha value is -3.85. The van der Waals surface area contributed by atoms with Crippen LogP contribution < -0.4 is 0 Å². The number of carboxylic acids is 4. The summed E-state index contributed by atoms with van der Waals surface area (Å²) in [4.78, 5) is 57.0. The summed E-state index contributed by atoms with van der Waals surface area (Å²) in [7, 11) is 0. The second kappa shape index (κ2) is 63.3. The lowest BCUT2D eigenvalue weighted by Gasteiger charge is -2.44. The molecule has 6 fully saturated rings. The van der Waals surface area contributed by atoms with Crippen LogP contribution in [0.2, 0.25) is 0 Å². The SMILES string of the molecule is CC(C)(C)OC(=O)CCCCCCCCCCCCCCCO[C@@H]1O[C@H](C(=O)O)[C@@H](O)[C@H](O)[C@H]1O.CCCCCCCCCCCCO[C@@H]1OC(C(=O)O)[C@@H](O[C@@H]2OC(C(=O)O)[C@@H](O)[C@H](O)C2O)[C@H](O)C1O.CCCCCCCCO[C@@H]1OC(CO)[C@@H](O)[C@H](O)C1O.CCCCCCCCO[C@@H]1O[C@H](CO[C@H]2O[C@H](C(=O)O)[C@H](O)[C@H](O)[C@H]2O)[C@@H](O)[C@H](O)[C@H]1O. The lowest BCUT2D eigenvalue weighted by molar-refractivity contribution is -0.350. The van der Waals surface area contributed by atoms with Crippen LogP contribution in [0.5, 0.6) is 0 Å². The van der Waals surface area contributed by atoms with Crippen LogP contribution in [-0.2, 0) is 85.6 Å². The molecule has 0 aromatic carbocycles. The molecule has 22 N–H and O–H groups in total. The van der Waals surface area contributed by atoms with E-state index in [0.29, 0.717) is 19.4 Å². The summed E-state index contributed by atoms with van der Waals surface area (Å²) >= 11 is 0. The number of hydrogen-bond donors (Lipinski definition) is 22. The van der Waals surface area contributed by atoms with Gasteiger partial charge in [-0.15, -0.1) is 0 Å². The van der Waals surface area contributed by atoms with Gasteiger partial charge in [0, 0.05) is 32.8 Å². The van der Waals surface area contributed by atoms with E-state index in [2.05, 4.69) is 20.8 Å². The van der Waals surface area contributed by atoms with E-state index in [1.165, 1.54) is 109 Å². The Balaban J connectivity index is 0.000000435. The standard InChI is InChI=1S/C26H48O9.C24H42O13.C20H36O12.C14H28O6/c1-26(2,3)35-19(27)17-15-13-11-9-7-5-4-6-8-10-12-14-16-18-33-25-22(30)20(28)21(29)23(34-25)24(31)32;1-2-3-4-5-6-7-8-9-10-11-12-34-23-17(29)15(27)18(20(37-23)22(32)33)35-24-16(28)13(25)14(26)19(36-24)21(30)31;1-2-3-4-5-6-7-8-29-19-15(25)12(22)11(21)10(31-19)9-30-20-16(26)13(23)14(24)17(32-20)18(27)28;1-2-3-4-5-6-7-8-19-14-13(18)12(17)11(16)10(9-15)20-14/h20-23,25,28-30H,4-18H2,1-3H3,(H,31,32);13-20,23-29H,2-12H2,1H3,(H,30,31)(H,32,33);10-17,19-26H,2-9H2,1H3,(H,27,28);10-18H,2-9H2,1H3/t20-,21-,22+,23-,25+;13-,14-,15+,16?,17?,18-,19?,20?,23+,24+;10-,11-,12+,13+,14-,15-,16-,17+,19-,20+;10?,11-,12+,13?,14-/m0011/s1. The molecule has 0 spiro atoms. The number of rotatable bonds is 55. The fourth-order valence-electron chi connectivity index (χ4n) is 14.5. The van der Waals surface area contributed by atoms with E-state index in [-0.39, 0.29) is 25.8 Å². The molecule has 0 amide bonds. The van der Waals surface area contributed by atoms with Crippen molar-refractivity contribution >= 4 is 29.8 Å². The molecular formula is C84H154O40. The second-order valence-electron chi connectivity index (χ2n) is 33.7. The van der Waals surface area contributed by atoms with Crippen molar-refractivity contribution in [3.05, 3.63) is 0 Å². The third kappa shape index (κ3) is 41.3. The predicted octanol–water partition coefficient (Wildman–Crippen LogP) is 1.67. The Morgan fingerprint density at radius 1 is 0.266 bits per heavy atom. The van der Waals surface area contributed by atoms with Crippen LogP contribution in [0.1, 0.15) is 273 Å². The van der Waals surface area contributed by atoms with Gasteiger partial charge in [-0.3, -0.25) is 4.79 Å². The molecular weight excluding hydrogens is 1650 g/mol. The minimum atomic E-state index is -1.99. The summed E-state index contributed by atoms with van der Waals surface area (Å²) in [6.07, 6.45) is -9.32. The molecule has 6 aliphatic rings. The van der Waals surface area contributed by atoms with Gasteiger partial charge < -0.3 is 174 Å². The van der Waals surface area contributed by atoms with Crippen molar-refractivity contribution in [1.29, 1.82) is 0 Å². The van der Waals surface area contributed by atoms with Crippen LogP contribution in [0.25, 0.3) is 0 Å². The lowest BCUT2D eigenvalue weighted by Crippen LogP contribution is -2.65. The van der Waals surface area contributed by atoms with E-state index in [0.717, 1.165) is 109 Å². The molecule has 124 heavy (non-hydrogen) atoms. The van der Waals surface area contributed by atoms with Gasteiger partial charge in [0.15, 0.2) is 62.2 Å². The zero-order valence-electron chi connectivity index (χ0n) is 73.2. The minimum absolute atomic E-state index is 0.100. The largest absolute Gasteiger partial charge is 0.479 e. The number of carboxylic acid groups (broad SMARTS) is 4. The molecule has 6 unspecified atom stereocenters. The summed E-state index contributed by atoms with van der Waals surface area (Å²) < 4.78 is 68.8. The average Bonchev–Trinajstić information content (AvgIpc) is 0.777. The molecule has 40 heteroatoms. The molecule has 0 aromatic heterocycles. The zero-order valence-corrected chi connectivity index (χ0v) is 73.2. The lowest BCUT2D eigenvalue weighted by atomic mass is 9.96. The maximum Gasteiger partial charge on any atom is 0.335 e. The van der Waals surface area contributed by atoms with Crippen LogP contribution >= 0.6 is 0 Å². The van der Waals surface area contributed by atoms with Crippen molar-refractivity contribution in [2.24, 2.45) is 0 Å². The first-order chi connectivity index (χ1) is 58.9. The normalized spacial score (nSPS) is 33.8. The Labute approximate surface area is 727 Å². The van der Waals surface area contributed by atoms with E-state index in [1.54, 1.807) is 0 Å². The van der Waals surface area contributed by atoms with Gasteiger partial charge in [0.25, 0.3) is 0 Å². The van der Waals surface area contributed by atoms with Crippen LogP contribution in [0.3, 0.4) is 0 Å². The number of aliphatic hydroxyl groups excluding tert-OH is 18. The molecule has 0 saturated carbocycles. The number of ether oxygens (including phenoxy) is 13. The third-order valence-corrected chi connectivity index (χ3v) is 22.0. The van der Waals surface area contributed by atoms with Crippen molar-refractivity contribution in [3.63, 3.8) is 0 Å². The van der Waals surface area contributed by atoms with E-state index in [1.807, 2.05) is 20.8 Å². The highest BCUT2D eigenvalue weighted by Gasteiger charge is 2.55. The van der Waals surface area contributed by atoms with E-state index >= 15 is 0 Å². The Bertz CT molecular complexity index is 2800. The summed E-state index contributed by atoms with van der Waals surface area (Å²) in [6.45, 7) is 12.4. The van der Waals surface area contributed by atoms with Gasteiger partial charge in [-0.05, 0) is 52.9 Å². The van der Waals surface area contributed by atoms with Crippen molar-refractivity contribution in [2.45, 2.75) is 463 Å². The summed E-state index contributed by atoms with van der Waals surface area (Å²) in [6, 6.07) is 0. The molecule has 6 rings (SSSR count). The monoisotopic (exact) mass is 1800 g/mol. The van der Waals surface area contributed by atoms with Crippen molar-refractivity contribution in [2.75, 3.05) is 39.6 Å². The highest BCUT2D eigenvalue weighted by molar-refractivity contribution is 5.75. The van der Waals surface area contributed by atoms with Crippen LogP contribution in [0, 0.1) is 0 Å². The van der Waals surface area contributed by atoms with Gasteiger partial charge in [0.05, 0.1) is 13.2 Å². The van der Waals surface area contributed by atoms with Crippen LogP contribution in [-0.4, -0.2) is 372 Å². The van der Waals surface area contributed by atoms with Crippen molar-refractivity contribution < 1.29 is 198 Å². The quantitative estimate of drug-likeness (QED) is 0.0304. The highest BCUT2D eigenvalue weighted by Crippen LogP contribution is 2.33. The molecule has 0 radical (unpaired) electrons. The fourth-order valence-corrected chi connectivity index (χ4v) is 14.5. The second-order valence-corrected chi connectivity index (χ2v) is 33.7. The van der Waals surface area contributed by atoms with Gasteiger partial charge in [0.2, 0.25) is 0 Å². The number of carbonyl (C=O) groups is 5. The topological polar surface area (TPSA) is 650 Å². The summed E-state index contributed by atoms with van der Waals surface area (Å²) in [5.74, 6) is -6.32. The molecule has 730 valence electrons. The number of unbranched alkanes of at least 4 members (excludes halogenated alkanes) is 31. The molecule has 30 atom stereocenters. The maximum absolute atomic E-state index is 11.8. The number of aliphatic carboxylic acids is 4. The maximum atomic E-state index is 11.8. The highest BCUT2D eigenvalue weighted by atomic mass is 16.8. The first-order valence-electron chi connectivity index (χ1n) is 44.9. The minimum Gasteiger partial charge on any atom is -0.479 e. The van der Waals surface area contributed by atoms with Crippen molar-refractivity contribution in [3.8, 4) is 0 Å². The molecule has 0 aromatic rings. The van der Waals surface area contributed by atoms with Crippen LogP contribution in [0.4, 0.5) is 0 Å². The Morgan fingerprint density at radius 2 is 0.508 bits per heavy atom. The number of hydrogen-bond acceptors (Lipinski definition) is 36. The van der Waals surface area contributed by atoms with Gasteiger partial charge in [0.1, 0.15) is 128 Å². The summed E-state index contributed by atoms with van der Waals surface area (Å²) in [5, 5.41) is 215. The molecule has 6 heterocycles. The first-order valence-corrected chi connectivity index (χ1v) is 44.9. The number of aliphatic hydroxyl groups is 18. The molecule has 40 nitrogen and oxygen atoms in total. The average molecular weight is 1800 g/mol. The third-order valence-electron chi connectivity index (χ3n) is 22.0. The smallest absolute Gasteiger partial charge is 0.335 e. The van der Waals surface area contributed by atoms with Gasteiger partial charge >= 0.3 is 29.8 Å². The number of carbonyl (C=O) groups excluding carboxylic acids is 1. The summed E-state index contributed by atoms with van der Waals surface area (Å²) in [5.41, 5.74) is -0.396. The Morgan fingerprint density at radius 3 is 0.815 bits per heavy atom. The fraction of sp³-hybridized carbons (Fsp3) is 0.940. The van der Waals surface area contributed by atoms with E-state index < -0.39 is 227 Å². The first kappa shape index (κ1) is 114. The number of esters is 1. The molecule has 6 aliphatic heterocycles. The van der Waals surface area contributed by atoms with E-state index in [4.69, 9.17) is 82.0 Å². The van der Waals surface area contributed by atoms with Gasteiger partial charge in [-0.1, -0.05) is 213 Å². The molecule has 0 bridgehead atoms. The van der Waals surface area contributed by atoms with E-state index in [9.17, 15) is 116 Å². The van der Waals surface area contributed by atoms with Gasteiger partial charge in [-0.25, -0.2) is 19.2 Å². The predicted molar refractivity (Wildman–Crippen MR) is 435 cm³/mol.